The second-order valence-electron chi connectivity index (χ2n) is 6.30. The van der Waals surface area contributed by atoms with Gasteiger partial charge in [-0.25, -0.2) is 4.39 Å². The van der Waals surface area contributed by atoms with Gasteiger partial charge in [-0.05, 0) is 43.4 Å². The van der Waals surface area contributed by atoms with Gasteiger partial charge in [0.05, 0.1) is 0 Å². The van der Waals surface area contributed by atoms with E-state index >= 15 is 0 Å². The number of likely N-dealkylation sites (tertiary alicyclic amines) is 1. The summed E-state index contributed by atoms with van der Waals surface area (Å²) in [6.45, 7) is 1.69. The number of alkyl halides is 1. The Morgan fingerprint density at radius 2 is 1.80 bits per heavy atom. The number of hydrogen-bond acceptors (Lipinski definition) is 2. The Balaban J connectivity index is 1.92. The number of phenolic OH excluding ortho intramolecular Hbond substituents is 1. The van der Waals surface area contributed by atoms with Crippen molar-refractivity contribution in [3.63, 3.8) is 0 Å². The summed E-state index contributed by atoms with van der Waals surface area (Å²) in [4.78, 5) is 2.48. The average Bonchev–Trinajstić information content (AvgIpc) is 2.49. The summed E-state index contributed by atoms with van der Waals surface area (Å²) < 4.78 is 13.4. The standard InChI is InChI=1S/C17H24FNO/c18-15-7-11-19(12-8-15)17(9-2-1-3-10-17)14-5-4-6-16(20)13-14/h4-6,13,15,20H,1-3,7-12H2/i18-1. The molecule has 1 aromatic carbocycles. The van der Waals surface area contributed by atoms with Crippen LogP contribution in [0.25, 0.3) is 0 Å². The molecule has 0 bridgehead atoms. The van der Waals surface area contributed by atoms with Gasteiger partial charge in [0.2, 0.25) is 0 Å². The number of benzene rings is 1. The van der Waals surface area contributed by atoms with E-state index in [4.69, 9.17) is 0 Å². The molecule has 2 fully saturated rings. The predicted octanol–water partition coefficient (Wildman–Crippen LogP) is 3.99. The Morgan fingerprint density at radius 1 is 1.10 bits per heavy atom. The van der Waals surface area contributed by atoms with E-state index in [1.54, 1.807) is 6.07 Å². The molecule has 20 heavy (non-hydrogen) atoms. The Hall–Kier alpha value is -1.09. The predicted molar refractivity (Wildman–Crippen MR) is 78.6 cm³/mol. The second kappa shape index (κ2) is 5.72. The molecular weight excluding hydrogens is 252 g/mol. The highest BCUT2D eigenvalue weighted by Gasteiger charge is 2.41. The zero-order chi connectivity index (χ0) is 14.0. The molecule has 3 rings (SSSR count). The highest BCUT2D eigenvalue weighted by atomic mass is 18.2. The summed E-state index contributed by atoms with van der Waals surface area (Å²) in [5, 5.41) is 9.82. The molecule has 1 aliphatic heterocycles. The molecule has 1 N–H and O–H groups in total. The molecule has 3 heteroatoms. The highest BCUT2D eigenvalue weighted by molar-refractivity contribution is 5.33. The molecule has 1 aliphatic carbocycles. The van der Waals surface area contributed by atoms with Crippen molar-refractivity contribution in [3.8, 4) is 5.75 Å². The summed E-state index contributed by atoms with van der Waals surface area (Å²) in [6.07, 6.45) is 6.69. The Labute approximate surface area is 120 Å². The first-order valence-electron chi connectivity index (χ1n) is 7.89. The quantitative estimate of drug-likeness (QED) is 0.883. The van der Waals surface area contributed by atoms with Gasteiger partial charge in [-0.15, -0.1) is 0 Å². The molecular formula is C17H24FNO. The van der Waals surface area contributed by atoms with Crippen LogP contribution in [-0.4, -0.2) is 29.3 Å². The van der Waals surface area contributed by atoms with Crippen molar-refractivity contribution in [1.29, 1.82) is 0 Å². The molecule has 2 aliphatic rings. The fraction of sp³-hybridized carbons (Fsp3) is 0.647. The molecule has 0 amide bonds. The van der Waals surface area contributed by atoms with Gasteiger partial charge in [0.15, 0.2) is 0 Å². The number of hydrogen-bond donors (Lipinski definition) is 1. The normalized spacial score (nSPS) is 24.6. The molecule has 0 radical (unpaired) electrons. The van der Waals surface area contributed by atoms with Crippen molar-refractivity contribution in [1.82, 2.24) is 4.90 Å². The minimum Gasteiger partial charge on any atom is -0.508 e. The van der Waals surface area contributed by atoms with Crippen molar-refractivity contribution in [2.24, 2.45) is 0 Å². The molecule has 1 aromatic rings. The third kappa shape index (κ3) is 2.56. The first-order valence-corrected chi connectivity index (χ1v) is 7.89. The van der Waals surface area contributed by atoms with Crippen LogP contribution < -0.4 is 0 Å². The Bertz CT molecular complexity index is 448. The van der Waals surface area contributed by atoms with Crippen LogP contribution in [0, 0.1) is 0 Å². The van der Waals surface area contributed by atoms with Gasteiger partial charge in [0, 0.05) is 18.6 Å². The first-order chi connectivity index (χ1) is 9.71. The molecule has 0 spiro atoms. The third-order valence-electron chi connectivity index (χ3n) is 5.09. The number of aromatic hydroxyl groups is 1. The average molecular weight is 276 g/mol. The largest absolute Gasteiger partial charge is 0.508 e. The van der Waals surface area contributed by atoms with E-state index < -0.39 is 6.17 Å². The van der Waals surface area contributed by atoms with E-state index in [0.717, 1.165) is 25.9 Å². The smallest absolute Gasteiger partial charge is 0.115 e. The maximum Gasteiger partial charge on any atom is 0.115 e. The van der Waals surface area contributed by atoms with Crippen molar-refractivity contribution in [3.05, 3.63) is 29.8 Å². The molecule has 0 atom stereocenters. The van der Waals surface area contributed by atoms with E-state index in [9.17, 15) is 9.50 Å². The topological polar surface area (TPSA) is 23.5 Å². The van der Waals surface area contributed by atoms with Gasteiger partial charge < -0.3 is 5.11 Å². The van der Waals surface area contributed by atoms with Crippen LogP contribution in [-0.2, 0) is 5.54 Å². The highest BCUT2D eigenvalue weighted by Crippen LogP contribution is 2.44. The summed E-state index contributed by atoms with van der Waals surface area (Å²) in [5.74, 6) is 0.341. The number of rotatable bonds is 2. The molecule has 1 heterocycles. The fourth-order valence-electron chi connectivity index (χ4n) is 4.00. The van der Waals surface area contributed by atoms with Gasteiger partial charge in [-0.3, -0.25) is 4.90 Å². The molecule has 1 saturated carbocycles. The van der Waals surface area contributed by atoms with Crippen molar-refractivity contribution >= 4 is 0 Å². The van der Waals surface area contributed by atoms with Gasteiger partial charge in [-0.2, -0.15) is 0 Å². The fourth-order valence-corrected chi connectivity index (χ4v) is 4.00. The minimum absolute atomic E-state index is 0.0249. The maximum atomic E-state index is 13.4. The van der Waals surface area contributed by atoms with Gasteiger partial charge in [0.25, 0.3) is 0 Å². The number of phenols is 1. The monoisotopic (exact) mass is 276 g/mol. The zero-order valence-electron chi connectivity index (χ0n) is 12.0. The van der Waals surface area contributed by atoms with Crippen molar-refractivity contribution in [2.45, 2.75) is 56.7 Å². The molecule has 2 nitrogen and oxygen atoms in total. The molecule has 110 valence electrons. The van der Waals surface area contributed by atoms with Crippen molar-refractivity contribution in [2.75, 3.05) is 13.1 Å². The minimum atomic E-state index is -0.629. The van der Waals surface area contributed by atoms with Gasteiger partial charge in [-0.1, -0.05) is 31.4 Å². The third-order valence-corrected chi connectivity index (χ3v) is 5.09. The van der Waals surface area contributed by atoms with Crippen LogP contribution in [0.3, 0.4) is 0 Å². The van der Waals surface area contributed by atoms with Crippen molar-refractivity contribution < 1.29 is 9.50 Å². The van der Waals surface area contributed by atoms with E-state index in [0.29, 0.717) is 18.6 Å². The lowest BCUT2D eigenvalue weighted by molar-refractivity contribution is 0.0110. The molecule has 1 saturated heterocycles. The molecule has 0 aromatic heterocycles. The maximum absolute atomic E-state index is 13.4. The van der Waals surface area contributed by atoms with Gasteiger partial charge in [0.1, 0.15) is 11.9 Å². The SMILES string of the molecule is Oc1cccc(C2(N3CCC([18F])CC3)CCCCC2)c1. The van der Waals surface area contributed by atoms with Crippen LogP contribution in [0.1, 0.15) is 50.5 Å². The van der Waals surface area contributed by atoms with Crippen LogP contribution in [0.4, 0.5) is 4.39 Å². The lowest BCUT2D eigenvalue weighted by Gasteiger charge is -2.49. The summed E-state index contributed by atoms with van der Waals surface area (Å²) in [6, 6.07) is 7.70. The van der Waals surface area contributed by atoms with Crippen LogP contribution in [0.15, 0.2) is 24.3 Å². The summed E-state index contributed by atoms with van der Waals surface area (Å²) in [5.41, 5.74) is 1.24. The Morgan fingerprint density at radius 3 is 2.45 bits per heavy atom. The van der Waals surface area contributed by atoms with E-state index in [1.807, 2.05) is 12.1 Å². The van der Waals surface area contributed by atoms with E-state index in [2.05, 4.69) is 11.0 Å². The molecule has 0 unspecified atom stereocenters. The zero-order valence-corrected chi connectivity index (χ0v) is 12.0. The van der Waals surface area contributed by atoms with Gasteiger partial charge >= 0.3 is 0 Å². The lowest BCUT2D eigenvalue weighted by Crippen LogP contribution is -2.51. The van der Waals surface area contributed by atoms with E-state index in [-0.39, 0.29) is 5.54 Å². The Kier molecular flexibility index (Phi) is 3.97. The number of piperidine rings is 1. The van der Waals surface area contributed by atoms with Crippen LogP contribution >= 0.6 is 0 Å². The number of halogens is 1. The first kappa shape index (κ1) is 13.9. The van der Waals surface area contributed by atoms with E-state index in [1.165, 1.54) is 24.8 Å². The number of nitrogens with zero attached hydrogens (tertiary/aromatic N) is 1. The van der Waals surface area contributed by atoms with Crippen LogP contribution in [0.2, 0.25) is 0 Å². The van der Waals surface area contributed by atoms with Crippen LogP contribution in [0.5, 0.6) is 5.75 Å². The second-order valence-corrected chi connectivity index (χ2v) is 6.30. The lowest BCUT2D eigenvalue weighted by atomic mass is 9.74. The summed E-state index contributed by atoms with van der Waals surface area (Å²) in [7, 11) is 0. The summed E-state index contributed by atoms with van der Waals surface area (Å²) >= 11 is 0.